The summed E-state index contributed by atoms with van der Waals surface area (Å²) in [6, 6.07) is 0. The molecule has 0 saturated heterocycles. The van der Waals surface area contributed by atoms with Crippen molar-refractivity contribution in [1.82, 2.24) is 0 Å². The number of unbranched alkanes of at least 4 members (excludes halogenated alkanes) is 14. The van der Waals surface area contributed by atoms with Crippen LogP contribution < -0.4 is 0 Å². The van der Waals surface area contributed by atoms with Crippen molar-refractivity contribution in [3.8, 4) is 0 Å². The molecule has 0 bridgehead atoms. The van der Waals surface area contributed by atoms with Crippen molar-refractivity contribution in [2.75, 3.05) is 19.8 Å². The lowest BCUT2D eigenvalue weighted by Gasteiger charge is -2.23. The fraction of sp³-hybridized carbons (Fsp3) is 0.875. The topological polar surface area (TPSA) is 96.0 Å². The summed E-state index contributed by atoms with van der Waals surface area (Å²) in [4.78, 5) is 45.6. The molecule has 0 radical (unpaired) electrons. The van der Waals surface area contributed by atoms with Gasteiger partial charge in [-0.1, -0.05) is 90.9 Å². The van der Waals surface area contributed by atoms with Crippen LogP contribution in [0.15, 0.2) is 0 Å². The number of ketones is 1. The van der Waals surface area contributed by atoms with Crippen LogP contribution >= 0.6 is 0 Å². The lowest BCUT2D eigenvalue weighted by molar-refractivity contribution is -0.147. The molecule has 0 aliphatic rings. The third-order valence-electron chi connectivity index (χ3n) is 6.93. The Morgan fingerprint density at radius 2 is 0.897 bits per heavy atom. The van der Waals surface area contributed by atoms with Gasteiger partial charge in [0, 0.05) is 19.8 Å². The second kappa shape index (κ2) is 25.1. The fourth-order valence-electron chi connectivity index (χ4n) is 4.41. The van der Waals surface area contributed by atoms with Crippen molar-refractivity contribution in [2.24, 2.45) is 5.41 Å². The monoisotopic (exact) mass is 554 g/mol. The Kier molecular flexibility index (Phi) is 23.8. The number of carbonyl (C=O) groups is 4. The van der Waals surface area contributed by atoms with E-state index in [-0.39, 0.29) is 29.1 Å². The van der Waals surface area contributed by atoms with Crippen LogP contribution in [0, 0.1) is 5.41 Å². The van der Waals surface area contributed by atoms with Gasteiger partial charge in [-0.3, -0.25) is 14.4 Å². The number of Topliss-reactive ketones (excluding diaryl/α,β-unsaturated/α-hetero) is 1. The Morgan fingerprint density at radius 1 is 0.487 bits per heavy atom. The number of hydrogen-bond acceptors (Lipinski definition) is 7. The highest BCUT2D eigenvalue weighted by Crippen LogP contribution is 2.25. The van der Waals surface area contributed by atoms with E-state index in [4.69, 9.17) is 14.2 Å². The molecule has 0 saturated carbocycles. The van der Waals surface area contributed by atoms with E-state index < -0.39 is 0 Å². The van der Waals surface area contributed by atoms with Gasteiger partial charge in [-0.05, 0) is 44.4 Å². The summed E-state index contributed by atoms with van der Waals surface area (Å²) in [6.07, 6.45) is 19.8. The van der Waals surface area contributed by atoms with E-state index in [1.807, 2.05) is 13.8 Å². The summed E-state index contributed by atoms with van der Waals surface area (Å²) in [5.41, 5.74) is -0.246. The van der Waals surface area contributed by atoms with Crippen molar-refractivity contribution in [3.63, 3.8) is 0 Å². The summed E-state index contributed by atoms with van der Waals surface area (Å²) in [6.45, 7) is 8.33. The molecule has 0 aromatic carbocycles. The number of carbonyl (C=O) groups excluding carboxylic acids is 4. The minimum Gasteiger partial charge on any atom is -0.466 e. The predicted molar refractivity (Wildman–Crippen MR) is 155 cm³/mol. The molecule has 228 valence electrons. The predicted octanol–water partition coefficient (Wildman–Crippen LogP) is 8.05. The van der Waals surface area contributed by atoms with Crippen LogP contribution in [-0.4, -0.2) is 43.5 Å². The number of rotatable bonds is 27. The summed E-state index contributed by atoms with van der Waals surface area (Å²) >= 11 is 0. The third kappa shape index (κ3) is 28.9. The van der Waals surface area contributed by atoms with E-state index in [0.29, 0.717) is 45.5 Å². The van der Waals surface area contributed by atoms with Crippen LogP contribution in [-0.2, 0) is 33.4 Å². The maximum atomic E-state index is 12.0. The highest BCUT2D eigenvalue weighted by Gasteiger charge is 2.23. The van der Waals surface area contributed by atoms with Crippen LogP contribution in [0.1, 0.15) is 156 Å². The molecule has 7 nitrogen and oxygen atoms in total. The largest absolute Gasteiger partial charge is 0.466 e. The van der Waals surface area contributed by atoms with E-state index >= 15 is 0 Å². The van der Waals surface area contributed by atoms with Crippen LogP contribution in [0.4, 0.5) is 0 Å². The van der Waals surface area contributed by atoms with Crippen LogP contribution in [0.5, 0.6) is 0 Å². The molecule has 0 N–H and O–H groups in total. The first-order valence-corrected chi connectivity index (χ1v) is 15.6. The zero-order valence-corrected chi connectivity index (χ0v) is 25.6. The Labute approximate surface area is 238 Å². The maximum absolute atomic E-state index is 12.0. The molecule has 0 aromatic heterocycles. The average molecular weight is 555 g/mol. The van der Waals surface area contributed by atoms with Crippen molar-refractivity contribution >= 4 is 23.7 Å². The average Bonchev–Trinajstić information content (AvgIpc) is 2.84. The van der Waals surface area contributed by atoms with Gasteiger partial charge in [0.2, 0.25) is 0 Å². The second-order valence-electron chi connectivity index (χ2n) is 11.7. The molecule has 0 rings (SSSR count). The fourth-order valence-corrected chi connectivity index (χ4v) is 4.41. The second-order valence-corrected chi connectivity index (χ2v) is 11.7. The van der Waals surface area contributed by atoms with Gasteiger partial charge in [-0.2, -0.15) is 0 Å². The van der Waals surface area contributed by atoms with Crippen LogP contribution in [0.2, 0.25) is 0 Å². The molecule has 7 heteroatoms. The number of ether oxygens (including phenoxy) is 3. The van der Waals surface area contributed by atoms with Gasteiger partial charge < -0.3 is 19.0 Å². The molecular formula is C32H58O7. The molecule has 0 heterocycles. The SMILES string of the molecule is CC(=O)CCCCCCCCCCC(=O)OCCCCCCCCCCOC(=O)CC(C)(C)CCOC(C)=O. The Bertz CT molecular complexity index is 657. The van der Waals surface area contributed by atoms with E-state index in [9.17, 15) is 19.2 Å². The first-order chi connectivity index (χ1) is 18.6. The molecule has 0 spiro atoms. The zero-order valence-electron chi connectivity index (χ0n) is 25.6. The van der Waals surface area contributed by atoms with Gasteiger partial charge in [-0.15, -0.1) is 0 Å². The van der Waals surface area contributed by atoms with Gasteiger partial charge in [0.15, 0.2) is 0 Å². The molecule has 0 aliphatic carbocycles. The van der Waals surface area contributed by atoms with E-state index in [0.717, 1.165) is 64.2 Å². The van der Waals surface area contributed by atoms with E-state index in [1.165, 1.54) is 45.4 Å². The van der Waals surface area contributed by atoms with Crippen molar-refractivity contribution < 1.29 is 33.4 Å². The summed E-state index contributed by atoms with van der Waals surface area (Å²) in [5.74, 6) is -0.262. The minimum atomic E-state index is -0.298. The standard InChI is InChI=1S/C32H58O7/c1-28(33)21-17-13-9-5-6-10-14-18-22-30(35)38-24-19-15-11-7-8-12-16-20-25-39-31(36)27-32(3,4)23-26-37-29(2)34/h5-27H2,1-4H3. The third-order valence-corrected chi connectivity index (χ3v) is 6.93. The van der Waals surface area contributed by atoms with Crippen molar-refractivity contribution in [1.29, 1.82) is 0 Å². The quantitative estimate of drug-likeness (QED) is 0.0575. The van der Waals surface area contributed by atoms with E-state index in [2.05, 4.69) is 0 Å². The van der Waals surface area contributed by atoms with Gasteiger partial charge in [0.25, 0.3) is 0 Å². The lowest BCUT2D eigenvalue weighted by atomic mass is 9.86. The Morgan fingerprint density at radius 3 is 1.36 bits per heavy atom. The first-order valence-electron chi connectivity index (χ1n) is 15.6. The highest BCUT2D eigenvalue weighted by atomic mass is 16.5. The Balaban J connectivity index is 3.39. The van der Waals surface area contributed by atoms with Crippen LogP contribution in [0.3, 0.4) is 0 Å². The minimum absolute atomic E-state index is 0.0644. The molecule has 39 heavy (non-hydrogen) atoms. The summed E-state index contributed by atoms with van der Waals surface area (Å²) < 4.78 is 15.7. The first kappa shape index (κ1) is 37.1. The van der Waals surface area contributed by atoms with Crippen LogP contribution in [0.25, 0.3) is 0 Å². The Hall–Kier alpha value is -1.92. The molecule has 0 unspecified atom stereocenters. The molecule has 0 aromatic rings. The zero-order chi connectivity index (χ0) is 29.2. The lowest BCUT2D eigenvalue weighted by Crippen LogP contribution is -2.21. The van der Waals surface area contributed by atoms with Gasteiger partial charge in [0.05, 0.1) is 26.2 Å². The number of esters is 3. The summed E-state index contributed by atoms with van der Waals surface area (Å²) in [5, 5.41) is 0. The van der Waals surface area contributed by atoms with Crippen molar-refractivity contribution in [2.45, 2.75) is 156 Å². The molecular weight excluding hydrogens is 496 g/mol. The maximum Gasteiger partial charge on any atom is 0.306 e. The van der Waals surface area contributed by atoms with Crippen molar-refractivity contribution in [3.05, 3.63) is 0 Å². The molecule has 0 aliphatic heterocycles. The van der Waals surface area contributed by atoms with Gasteiger partial charge in [-0.25, -0.2) is 0 Å². The van der Waals surface area contributed by atoms with Gasteiger partial charge in [0.1, 0.15) is 5.78 Å². The highest BCUT2D eigenvalue weighted by molar-refractivity contribution is 5.75. The smallest absolute Gasteiger partial charge is 0.306 e. The molecule has 0 fully saturated rings. The normalized spacial score (nSPS) is 11.3. The molecule has 0 amide bonds. The van der Waals surface area contributed by atoms with E-state index in [1.54, 1.807) is 6.92 Å². The van der Waals surface area contributed by atoms with Gasteiger partial charge >= 0.3 is 17.9 Å². The molecule has 0 atom stereocenters. The summed E-state index contributed by atoms with van der Waals surface area (Å²) in [7, 11) is 0. The number of hydrogen-bond donors (Lipinski definition) is 0.